The third-order valence-corrected chi connectivity index (χ3v) is 6.86. The van der Waals surface area contributed by atoms with Crippen LogP contribution >= 0.6 is 0 Å². The Labute approximate surface area is 143 Å². The van der Waals surface area contributed by atoms with Crippen LogP contribution in [0.2, 0.25) is 45.3 Å². The highest BCUT2D eigenvalue weighted by molar-refractivity contribution is 6.76. The van der Waals surface area contributed by atoms with Crippen molar-refractivity contribution in [1.82, 2.24) is 4.90 Å². The van der Waals surface area contributed by atoms with E-state index < -0.39 is 16.4 Å². The summed E-state index contributed by atoms with van der Waals surface area (Å²) in [5.74, 6) is 0. The van der Waals surface area contributed by atoms with Gasteiger partial charge in [-0.3, -0.25) is 0 Å². The molecule has 0 aromatic rings. The van der Waals surface area contributed by atoms with Crippen molar-refractivity contribution >= 4 is 16.4 Å². The molecule has 4 heteroatoms. The minimum atomic E-state index is -1.50. The summed E-state index contributed by atoms with van der Waals surface area (Å²) < 4.78 is 6.51. The smallest absolute Gasteiger partial charge is 0.184 e. The van der Waals surface area contributed by atoms with Gasteiger partial charge in [0, 0.05) is 8.07 Å². The molecule has 0 saturated carbocycles. The van der Waals surface area contributed by atoms with Crippen LogP contribution in [-0.2, 0) is 4.43 Å². The van der Waals surface area contributed by atoms with Crippen molar-refractivity contribution in [2.45, 2.75) is 91.0 Å². The van der Waals surface area contributed by atoms with Crippen LogP contribution in [0.5, 0.6) is 0 Å². The Hall–Kier alpha value is 0.354. The molecule has 0 amide bonds. The van der Waals surface area contributed by atoms with Crippen molar-refractivity contribution in [2.75, 3.05) is 20.6 Å². The summed E-state index contributed by atoms with van der Waals surface area (Å²) in [4.78, 5) is 2.30. The van der Waals surface area contributed by atoms with Crippen molar-refractivity contribution in [1.29, 1.82) is 0 Å². The van der Waals surface area contributed by atoms with Gasteiger partial charge in [-0.25, -0.2) is 0 Å². The molecule has 0 heterocycles. The fraction of sp³-hybridized carbons (Fsp3) is 1.00. The molecule has 0 saturated heterocycles. The van der Waals surface area contributed by atoms with E-state index >= 15 is 0 Å². The van der Waals surface area contributed by atoms with Crippen LogP contribution in [-0.4, -0.2) is 47.5 Å². The summed E-state index contributed by atoms with van der Waals surface area (Å²) in [6, 6.07) is 1.39. The molecule has 0 spiro atoms. The number of hydrogen-bond acceptors (Lipinski definition) is 2. The van der Waals surface area contributed by atoms with Crippen LogP contribution in [0.4, 0.5) is 0 Å². The van der Waals surface area contributed by atoms with E-state index in [4.69, 9.17) is 4.43 Å². The van der Waals surface area contributed by atoms with Gasteiger partial charge in [-0.05, 0) is 78.8 Å². The van der Waals surface area contributed by atoms with Crippen LogP contribution in [0.15, 0.2) is 0 Å². The van der Waals surface area contributed by atoms with E-state index in [0.717, 1.165) is 0 Å². The monoisotopic (exact) mass is 345 g/mol. The molecule has 134 valence electrons. The summed E-state index contributed by atoms with van der Waals surface area (Å²) in [6.45, 7) is 22.7. The molecule has 0 aromatic heterocycles. The van der Waals surface area contributed by atoms with E-state index in [1.54, 1.807) is 0 Å². The third-order valence-electron chi connectivity index (χ3n) is 3.78. The Morgan fingerprint density at radius 1 is 0.909 bits per heavy atom. The molecule has 0 fully saturated rings. The average molecular weight is 346 g/mol. The molecule has 0 radical (unpaired) electrons. The second kappa shape index (κ2) is 7.95. The molecular weight excluding hydrogens is 302 g/mol. The Balaban J connectivity index is 4.98. The summed E-state index contributed by atoms with van der Waals surface area (Å²) in [5.41, 5.74) is 0.403. The Morgan fingerprint density at radius 3 is 1.77 bits per heavy atom. The van der Waals surface area contributed by atoms with Crippen molar-refractivity contribution in [3.8, 4) is 0 Å². The molecule has 0 aliphatic heterocycles. The topological polar surface area (TPSA) is 12.5 Å². The van der Waals surface area contributed by atoms with Crippen LogP contribution in [0.1, 0.15) is 40.0 Å². The molecule has 1 unspecified atom stereocenters. The molecular formula is C18H43NOSi2. The zero-order valence-corrected chi connectivity index (χ0v) is 19.4. The van der Waals surface area contributed by atoms with Gasteiger partial charge in [0.15, 0.2) is 8.32 Å². The highest BCUT2D eigenvalue weighted by atomic mass is 28.4. The Bertz CT molecular complexity index is 329. The van der Waals surface area contributed by atoms with E-state index in [1.165, 1.54) is 31.9 Å². The normalized spacial score (nSPS) is 16.9. The Kier molecular flexibility index (Phi) is 8.08. The second-order valence-corrected chi connectivity index (χ2v) is 20.5. The van der Waals surface area contributed by atoms with Crippen LogP contribution in [0.25, 0.3) is 0 Å². The largest absolute Gasteiger partial charge is 0.413 e. The third kappa shape index (κ3) is 11.9. The van der Waals surface area contributed by atoms with E-state index in [1.807, 2.05) is 0 Å². The second-order valence-electron chi connectivity index (χ2n) is 10.6. The first-order valence-electron chi connectivity index (χ1n) is 8.89. The van der Waals surface area contributed by atoms with Gasteiger partial charge >= 0.3 is 0 Å². The standard InChI is InChI=1S/C18H43NOSi2/c1-17(2,20-22(9,10)11)15-18(3,16-21(6,7)8)13-12-14-19(4)5/h12-16H2,1-11H3. The first kappa shape index (κ1) is 22.4. The predicted molar refractivity (Wildman–Crippen MR) is 107 cm³/mol. The molecule has 1 atom stereocenters. The van der Waals surface area contributed by atoms with Gasteiger partial charge in [-0.2, -0.15) is 0 Å². The number of rotatable bonds is 10. The fourth-order valence-electron chi connectivity index (χ4n) is 4.23. The highest BCUT2D eigenvalue weighted by Crippen LogP contribution is 2.42. The summed E-state index contributed by atoms with van der Waals surface area (Å²) in [7, 11) is 1.77. The first-order valence-corrected chi connectivity index (χ1v) is 16.0. The molecule has 0 aliphatic rings. The van der Waals surface area contributed by atoms with Gasteiger partial charge < -0.3 is 9.33 Å². The van der Waals surface area contributed by atoms with Gasteiger partial charge in [0.25, 0.3) is 0 Å². The fourth-order valence-corrected chi connectivity index (χ4v) is 8.83. The van der Waals surface area contributed by atoms with Crippen molar-refractivity contribution in [3.05, 3.63) is 0 Å². The summed E-state index contributed by atoms with van der Waals surface area (Å²) >= 11 is 0. The lowest BCUT2D eigenvalue weighted by atomic mass is 9.78. The van der Waals surface area contributed by atoms with E-state index in [9.17, 15) is 0 Å². The van der Waals surface area contributed by atoms with Gasteiger partial charge in [-0.15, -0.1) is 0 Å². The van der Waals surface area contributed by atoms with Gasteiger partial charge in [0.1, 0.15) is 0 Å². The lowest BCUT2D eigenvalue weighted by Gasteiger charge is -2.43. The van der Waals surface area contributed by atoms with Crippen LogP contribution < -0.4 is 0 Å². The maximum Gasteiger partial charge on any atom is 0.184 e. The van der Waals surface area contributed by atoms with Gasteiger partial charge in [0.05, 0.1) is 5.60 Å². The lowest BCUT2D eigenvalue weighted by molar-refractivity contribution is 0.0447. The summed E-state index contributed by atoms with van der Waals surface area (Å²) in [5, 5.41) is 0. The minimum Gasteiger partial charge on any atom is -0.413 e. The van der Waals surface area contributed by atoms with Gasteiger partial charge in [0.2, 0.25) is 0 Å². The zero-order valence-electron chi connectivity index (χ0n) is 17.4. The maximum atomic E-state index is 6.51. The van der Waals surface area contributed by atoms with Crippen molar-refractivity contribution in [3.63, 3.8) is 0 Å². The average Bonchev–Trinajstić information content (AvgIpc) is 2.05. The molecule has 0 rings (SSSR count). The minimum absolute atomic E-state index is 0.00299. The highest BCUT2D eigenvalue weighted by Gasteiger charge is 2.38. The van der Waals surface area contributed by atoms with E-state index in [2.05, 4.69) is 79.0 Å². The van der Waals surface area contributed by atoms with Crippen molar-refractivity contribution < 1.29 is 4.43 Å². The predicted octanol–water partition coefficient (Wildman–Crippen LogP) is 5.69. The molecule has 2 nitrogen and oxygen atoms in total. The molecule has 0 N–H and O–H groups in total. The molecule has 0 bridgehead atoms. The molecule has 22 heavy (non-hydrogen) atoms. The van der Waals surface area contributed by atoms with Gasteiger partial charge in [-0.1, -0.05) is 32.6 Å². The summed E-state index contributed by atoms with van der Waals surface area (Å²) in [6.07, 6.45) is 3.78. The quantitative estimate of drug-likeness (QED) is 0.471. The maximum absolute atomic E-state index is 6.51. The lowest BCUT2D eigenvalue weighted by Crippen LogP contribution is -2.43. The molecule has 0 aromatic carbocycles. The number of hydrogen-bond donors (Lipinski definition) is 0. The SMILES string of the molecule is CN(C)CCCC(C)(CC(C)(C)O[Si](C)(C)C)C[Si](C)(C)C. The van der Waals surface area contributed by atoms with Crippen molar-refractivity contribution in [2.24, 2.45) is 5.41 Å². The number of nitrogens with zero attached hydrogens (tertiary/aromatic N) is 1. The Morgan fingerprint density at radius 2 is 1.41 bits per heavy atom. The van der Waals surface area contributed by atoms with E-state index in [-0.39, 0.29) is 5.60 Å². The van der Waals surface area contributed by atoms with E-state index in [0.29, 0.717) is 5.41 Å². The van der Waals surface area contributed by atoms with Crippen LogP contribution in [0.3, 0.4) is 0 Å². The molecule has 0 aliphatic carbocycles. The zero-order chi connectivity index (χ0) is 17.8. The van der Waals surface area contributed by atoms with Crippen LogP contribution in [0, 0.1) is 5.41 Å². The first-order chi connectivity index (χ1) is 9.54.